The third kappa shape index (κ3) is 5.60. The van der Waals surface area contributed by atoms with Crippen LogP contribution in [0.4, 0.5) is 0 Å². The van der Waals surface area contributed by atoms with Crippen molar-refractivity contribution in [3.8, 4) is 11.5 Å². The summed E-state index contributed by atoms with van der Waals surface area (Å²) in [5.41, 5.74) is 2.18. The first kappa shape index (κ1) is 27.0. The smallest absolute Gasteiger partial charge is 0.255 e. The maximum Gasteiger partial charge on any atom is 0.255 e. The minimum atomic E-state index is -0.510. The van der Waals surface area contributed by atoms with Crippen LogP contribution in [0.3, 0.4) is 0 Å². The molecule has 0 aromatic heterocycles. The van der Waals surface area contributed by atoms with Gasteiger partial charge in [-0.05, 0) is 48.2 Å². The number of amides is 2. The number of rotatable bonds is 8. The van der Waals surface area contributed by atoms with Gasteiger partial charge in [0.1, 0.15) is 0 Å². The highest BCUT2D eigenvalue weighted by Gasteiger charge is 2.51. The highest BCUT2D eigenvalue weighted by molar-refractivity contribution is 6.33. The molecule has 2 amide bonds. The van der Waals surface area contributed by atoms with Crippen molar-refractivity contribution in [1.82, 2.24) is 15.1 Å². The summed E-state index contributed by atoms with van der Waals surface area (Å²) in [6.07, 6.45) is 2.59. The van der Waals surface area contributed by atoms with Crippen molar-refractivity contribution < 1.29 is 19.1 Å². The highest BCUT2D eigenvalue weighted by Crippen LogP contribution is 2.35. The zero-order chi connectivity index (χ0) is 27.4. The molecule has 3 aromatic carbocycles. The summed E-state index contributed by atoms with van der Waals surface area (Å²) in [6, 6.07) is 22.8. The summed E-state index contributed by atoms with van der Waals surface area (Å²) in [5, 5.41) is 4.17. The van der Waals surface area contributed by atoms with Crippen molar-refractivity contribution >= 4 is 23.4 Å². The topological polar surface area (TPSA) is 71.1 Å². The lowest BCUT2D eigenvalue weighted by Crippen LogP contribution is -2.60. The Bertz CT molecular complexity index is 1320. The molecular formula is C31H34ClN3O4. The Labute approximate surface area is 234 Å². The molecule has 0 unspecified atom stereocenters. The van der Waals surface area contributed by atoms with Gasteiger partial charge in [-0.3, -0.25) is 14.9 Å². The number of ether oxygens (including phenoxy) is 2. The SMILES string of the molecule is COc1ccc(CCN2C(=O)[C@@H](Cc3ccccc3)NC23CCN(C(=O)c2ccccc2Cl)CC3)cc1OC. The lowest BCUT2D eigenvalue weighted by molar-refractivity contribution is -0.133. The van der Waals surface area contributed by atoms with Crippen molar-refractivity contribution in [1.29, 1.82) is 0 Å². The fraction of sp³-hybridized carbons (Fsp3) is 0.355. The number of piperidine rings is 1. The minimum Gasteiger partial charge on any atom is -0.493 e. The van der Waals surface area contributed by atoms with Gasteiger partial charge < -0.3 is 19.3 Å². The molecule has 39 heavy (non-hydrogen) atoms. The second kappa shape index (κ2) is 11.7. The van der Waals surface area contributed by atoms with E-state index in [1.165, 1.54) is 0 Å². The maximum absolute atomic E-state index is 13.8. The van der Waals surface area contributed by atoms with Gasteiger partial charge in [-0.1, -0.05) is 60.1 Å². The quantitative estimate of drug-likeness (QED) is 0.447. The molecule has 2 aliphatic heterocycles. The summed E-state index contributed by atoms with van der Waals surface area (Å²) in [4.78, 5) is 30.9. The Hall–Kier alpha value is -3.55. The van der Waals surface area contributed by atoms with Gasteiger partial charge in [0.15, 0.2) is 11.5 Å². The Morgan fingerprint density at radius 1 is 0.949 bits per heavy atom. The molecule has 2 fully saturated rings. The van der Waals surface area contributed by atoms with Crippen molar-refractivity contribution in [3.05, 3.63) is 94.5 Å². The lowest BCUT2D eigenvalue weighted by Gasteiger charge is -2.45. The van der Waals surface area contributed by atoms with E-state index >= 15 is 0 Å². The molecule has 1 N–H and O–H groups in total. The molecule has 5 rings (SSSR count). The molecule has 0 aliphatic carbocycles. The van der Waals surface area contributed by atoms with E-state index in [1.54, 1.807) is 26.4 Å². The van der Waals surface area contributed by atoms with E-state index in [4.69, 9.17) is 21.1 Å². The molecule has 3 aromatic rings. The molecular weight excluding hydrogens is 514 g/mol. The largest absolute Gasteiger partial charge is 0.493 e. The monoisotopic (exact) mass is 547 g/mol. The summed E-state index contributed by atoms with van der Waals surface area (Å²) in [7, 11) is 3.24. The molecule has 8 heteroatoms. The first-order valence-corrected chi connectivity index (χ1v) is 13.7. The number of carbonyl (C=O) groups excluding carboxylic acids is 2. The Balaban J connectivity index is 1.35. The molecule has 0 bridgehead atoms. The average molecular weight is 548 g/mol. The van der Waals surface area contributed by atoms with E-state index in [-0.39, 0.29) is 17.9 Å². The van der Waals surface area contributed by atoms with Crippen LogP contribution in [0.1, 0.15) is 34.3 Å². The van der Waals surface area contributed by atoms with Crippen LogP contribution in [0.2, 0.25) is 5.02 Å². The molecule has 1 spiro atoms. The Kier molecular flexibility index (Phi) is 8.10. The lowest BCUT2D eigenvalue weighted by atomic mass is 9.94. The van der Waals surface area contributed by atoms with Crippen LogP contribution in [0.25, 0.3) is 0 Å². The van der Waals surface area contributed by atoms with Gasteiger partial charge in [0, 0.05) is 32.5 Å². The van der Waals surface area contributed by atoms with Gasteiger partial charge in [-0.25, -0.2) is 0 Å². The number of methoxy groups -OCH3 is 2. The predicted molar refractivity (Wildman–Crippen MR) is 151 cm³/mol. The average Bonchev–Trinajstić information content (AvgIpc) is 3.21. The number of hydrogen-bond acceptors (Lipinski definition) is 5. The summed E-state index contributed by atoms with van der Waals surface area (Å²) < 4.78 is 10.9. The van der Waals surface area contributed by atoms with Crippen LogP contribution in [0.15, 0.2) is 72.8 Å². The predicted octanol–water partition coefficient (Wildman–Crippen LogP) is 4.58. The Morgan fingerprint density at radius 2 is 1.64 bits per heavy atom. The second-order valence-electron chi connectivity index (χ2n) is 10.1. The number of nitrogens with one attached hydrogen (secondary N) is 1. The number of benzene rings is 3. The van der Waals surface area contributed by atoms with E-state index in [0.717, 1.165) is 11.1 Å². The maximum atomic E-state index is 13.8. The number of nitrogens with zero attached hydrogens (tertiary/aromatic N) is 2. The summed E-state index contributed by atoms with van der Waals surface area (Å²) >= 11 is 6.31. The molecule has 1 atom stereocenters. The molecule has 2 saturated heterocycles. The van der Waals surface area contributed by atoms with E-state index < -0.39 is 5.66 Å². The van der Waals surface area contributed by atoms with Crippen LogP contribution in [-0.2, 0) is 17.6 Å². The fourth-order valence-electron chi connectivity index (χ4n) is 5.75. The highest BCUT2D eigenvalue weighted by atomic mass is 35.5. The van der Waals surface area contributed by atoms with E-state index in [1.807, 2.05) is 58.3 Å². The van der Waals surface area contributed by atoms with Crippen LogP contribution >= 0.6 is 11.6 Å². The van der Waals surface area contributed by atoms with Crippen molar-refractivity contribution in [2.24, 2.45) is 0 Å². The van der Waals surface area contributed by atoms with E-state index in [9.17, 15) is 9.59 Å². The van der Waals surface area contributed by atoms with E-state index in [0.29, 0.717) is 67.4 Å². The zero-order valence-corrected chi connectivity index (χ0v) is 23.1. The first-order chi connectivity index (χ1) is 18.9. The van der Waals surface area contributed by atoms with Gasteiger partial charge in [0.2, 0.25) is 5.91 Å². The van der Waals surface area contributed by atoms with Crippen LogP contribution in [0, 0.1) is 0 Å². The van der Waals surface area contributed by atoms with Gasteiger partial charge in [0.25, 0.3) is 5.91 Å². The van der Waals surface area contributed by atoms with Crippen molar-refractivity contribution in [3.63, 3.8) is 0 Å². The van der Waals surface area contributed by atoms with Crippen LogP contribution < -0.4 is 14.8 Å². The number of carbonyl (C=O) groups is 2. The molecule has 204 valence electrons. The molecule has 0 saturated carbocycles. The van der Waals surface area contributed by atoms with Crippen LogP contribution in [-0.4, -0.2) is 67.2 Å². The molecule has 7 nitrogen and oxygen atoms in total. The second-order valence-corrected chi connectivity index (χ2v) is 10.5. The van der Waals surface area contributed by atoms with Gasteiger partial charge >= 0.3 is 0 Å². The zero-order valence-electron chi connectivity index (χ0n) is 22.4. The van der Waals surface area contributed by atoms with Gasteiger partial charge in [-0.15, -0.1) is 0 Å². The van der Waals surface area contributed by atoms with Gasteiger partial charge in [-0.2, -0.15) is 0 Å². The summed E-state index contributed by atoms with van der Waals surface area (Å²) in [5.74, 6) is 1.38. The molecule has 2 aliphatic rings. The fourth-order valence-corrected chi connectivity index (χ4v) is 5.97. The van der Waals surface area contributed by atoms with Gasteiger partial charge in [0.05, 0.1) is 36.5 Å². The van der Waals surface area contributed by atoms with Crippen LogP contribution in [0.5, 0.6) is 11.5 Å². The standard InChI is InChI=1S/C31H34ClN3O4/c1-38-27-13-12-23(21-28(27)39-2)14-17-35-30(37)26(20-22-8-4-3-5-9-22)33-31(35)15-18-34(19-16-31)29(36)24-10-6-7-11-25(24)32/h3-13,21,26,33H,14-20H2,1-2H3/t26-/m1/s1. The normalized spacial score (nSPS) is 18.4. The minimum absolute atomic E-state index is 0.0718. The number of likely N-dealkylation sites (tertiary alicyclic amines) is 1. The molecule has 0 radical (unpaired) electrons. The Morgan fingerprint density at radius 3 is 2.33 bits per heavy atom. The van der Waals surface area contributed by atoms with Crippen molar-refractivity contribution in [2.45, 2.75) is 37.4 Å². The third-order valence-corrected chi connectivity index (χ3v) is 8.19. The third-order valence-electron chi connectivity index (χ3n) is 7.86. The number of halogens is 1. The first-order valence-electron chi connectivity index (χ1n) is 13.3. The summed E-state index contributed by atoms with van der Waals surface area (Å²) in [6.45, 7) is 1.63. The number of hydrogen-bond donors (Lipinski definition) is 1. The van der Waals surface area contributed by atoms with E-state index in [2.05, 4.69) is 17.4 Å². The molecule has 2 heterocycles. The van der Waals surface area contributed by atoms with Crippen molar-refractivity contribution in [2.75, 3.05) is 33.9 Å².